The zero-order chi connectivity index (χ0) is 12.4. The van der Waals surface area contributed by atoms with Gasteiger partial charge in [-0.3, -0.25) is 4.90 Å². The largest absolute Gasteiger partial charge is 0.383 e. The van der Waals surface area contributed by atoms with Crippen molar-refractivity contribution in [3.63, 3.8) is 0 Å². The molecule has 0 unspecified atom stereocenters. The summed E-state index contributed by atoms with van der Waals surface area (Å²) < 4.78 is 10.3. The number of hydrogen-bond donors (Lipinski definition) is 1. The van der Waals surface area contributed by atoms with Crippen LogP contribution in [-0.4, -0.2) is 65.1 Å². The molecule has 0 heterocycles. The summed E-state index contributed by atoms with van der Waals surface area (Å²) in [5.41, 5.74) is 0. The van der Waals surface area contributed by atoms with Crippen molar-refractivity contribution in [2.45, 2.75) is 19.9 Å². The fourth-order valence-corrected chi connectivity index (χ4v) is 1.65. The molecular formula is C12H28N2O2. The molecule has 0 rings (SSSR count). The molecule has 0 aromatic rings. The molecule has 0 fully saturated rings. The predicted octanol–water partition coefficient (Wildman–Crippen LogP) is 0.825. The lowest BCUT2D eigenvalue weighted by Gasteiger charge is -2.29. The Morgan fingerprint density at radius 3 is 1.88 bits per heavy atom. The van der Waals surface area contributed by atoms with Gasteiger partial charge in [0, 0.05) is 39.9 Å². The van der Waals surface area contributed by atoms with Crippen LogP contribution in [0.4, 0.5) is 0 Å². The van der Waals surface area contributed by atoms with E-state index in [2.05, 4.69) is 24.1 Å². The quantitative estimate of drug-likeness (QED) is 0.605. The summed E-state index contributed by atoms with van der Waals surface area (Å²) in [6.45, 7) is 9.00. The Morgan fingerprint density at radius 2 is 1.56 bits per heavy atom. The van der Waals surface area contributed by atoms with E-state index in [-0.39, 0.29) is 0 Å². The molecule has 0 bridgehead atoms. The van der Waals surface area contributed by atoms with E-state index in [0.29, 0.717) is 12.0 Å². The molecule has 4 nitrogen and oxygen atoms in total. The lowest BCUT2D eigenvalue weighted by atomic mass is 10.0. The summed E-state index contributed by atoms with van der Waals surface area (Å²) in [5, 5.41) is 3.36. The van der Waals surface area contributed by atoms with E-state index < -0.39 is 0 Å². The number of ether oxygens (including phenoxy) is 2. The standard InChI is InChI=1S/C12H28N2O2/c1-11(2)12(13-3)10-14(6-8-15-4)7-9-16-5/h11-13H,6-10H2,1-5H3/t12-/m0/s1. The van der Waals surface area contributed by atoms with Crippen LogP contribution in [0.3, 0.4) is 0 Å². The van der Waals surface area contributed by atoms with Gasteiger partial charge in [-0.05, 0) is 13.0 Å². The molecule has 0 aliphatic carbocycles. The van der Waals surface area contributed by atoms with Crippen molar-refractivity contribution >= 4 is 0 Å². The third-order valence-electron chi connectivity index (χ3n) is 2.85. The molecule has 1 atom stereocenters. The zero-order valence-corrected chi connectivity index (χ0v) is 11.5. The second-order valence-electron chi connectivity index (χ2n) is 4.43. The van der Waals surface area contributed by atoms with Gasteiger partial charge < -0.3 is 14.8 Å². The first-order chi connectivity index (χ1) is 7.65. The van der Waals surface area contributed by atoms with E-state index in [0.717, 1.165) is 32.8 Å². The Labute approximate surface area is 100 Å². The highest BCUT2D eigenvalue weighted by molar-refractivity contribution is 4.73. The fraction of sp³-hybridized carbons (Fsp3) is 1.00. The van der Waals surface area contributed by atoms with E-state index >= 15 is 0 Å². The van der Waals surface area contributed by atoms with Crippen molar-refractivity contribution < 1.29 is 9.47 Å². The first kappa shape index (κ1) is 15.8. The van der Waals surface area contributed by atoms with Crippen molar-refractivity contribution in [1.29, 1.82) is 0 Å². The Hall–Kier alpha value is -0.160. The number of methoxy groups -OCH3 is 2. The minimum atomic E-state index is 0.522. The van der Waals surface area contributed by atoms with Crippen LogP contribution < -0.4 is 5.32 Å². The Balaban J connectivity index is 4.04. The van der Waals surface area contributed by atoms with Crippen LogP contribution in [0.2, 0.25) is 0 Å². The summed E-state index contributed by atoms with van der Waals surface area (Å²) in [6, 6.07) is 0.522. The number of nitrogens with one attached hydrogen (secondary N) is 1. The molecule has 0 aliphatic rings. The minimum Gasteiger partial charge on any atom is -0.383 e. The summed E-state index contributed by atoms with van der Waals surface area (Å²) in [7, 11) is 5.51. The predicted molar refractivity (Wildman–Crippen MR) is 67.9 cm³/mol. The van der Waals surface area contributed by atoms with E-state index in [1.807, 2.05) is 7.05 Å². The molecule has 0 saturated heterocycles. The summed E-state index contributed by atoms with van der Waals surface area (Å²) in [4.78, 5) is 2.38. The molecule has 0 aliphatic heterocycles. The van der Waals surface area contributed by atoms with Gasteiger partial charge in [-0.15, -0.1) is 0 Å². The third kappa shape index (κ3) is 7.17. The van der Waals surface area contributed by atoms with E-state index in [9.17, 15) is 0 Å². The molecule has 16 heavy (non-hydrogen) atoms. The highest BCUT2D eigenvalue weighted by Gasteiger charge is 2.15. The second-order valence-corrected chi connectivity index (χ2v) is 4.43. The summed E-state index contributed by atoms with van der Waals surface area (Å²) in [5.74, 6) is 0.637. The van der Waals surface area contributed by atoms with Gasteiger partial charge in [0.05, 0.1) is 13.2 Å². The van der Waals surface area contributed by atoms with E-state index in [4.69, 9.17) is 9.47 Å². The average Bonchev–Trinajstić information content (AvgIpc) is 2.27. The van der Waals surface area contributed by atoms with Crippen LogP contribution in [0.25, 0.3) is 0 Å². The number of rotatable bonds is 10. The van der Waals surface area contributed by atoms with Gasteiger partial charge in [-0.1, -0.05) is 13.8 Å². The normalized spacial score (nSPS) is 13.7. The van der Waals surface area contributed by atoms with Gasteiger partial charge >= 0.3 is 0 Å². The first-order valence-electron chi connectivity index (χ1n) is 6.03. The molecular weight excluding hydrogens is 204 g/mol. The van der Waals surface area contributed by atoms with Gasteiger partial charge in [0.15, 0.2) is 0 Å². The number of nitrogens with zero attached hydrogens (tertiary/aromatic N) is 1. The SMILES string of the molecule is CN[C@@H](CN(CCOC)CCOC)C(C)C. The van der Waals surface area contributed by atoms with E-state index in [1.165, 1.54) is 0 Å². The highest BCUT2D eigenvalue weighted by Crippen LogP contribution is 2.03. The number of hydrogen-bond acceptors (Lipinski definition) is 4. The maximum absolute atomic E-state index is 5.13. The smallest absolute Gasteiger partial charge is 0.0589 e. The zero-order valence-electron chi connectivity index (χ0n) is 11.5. The summed E-state index contributed by atoms with van der Waals surface area (Å²) >= 11 is 0. The van der Waals surface area contributed by atoms with Crippen LogP contribution in [0, 0.1) is 5.92 Å². The molecule has 0 aromatic carbocycles. The number of likely N-dealkylation sites (N-methyl/N-ethyl adjacent to an activating group) is 1. The average molecular weight is 232 g/mol. The highest BCUT2D eigenvalue weighted by atomic mass is 16.5. The molecule has 0 aromatic heterocycles. The minimum absolute atomic E-state index is 0.522. The van der Waals surface area contributed by atoms with E-state index in [1.54, 1.807) is 14.2 Å². The van der Waals surface area contributed by atoms with Crippen molar-refractivity contribution in [1.82, 2.24) is 10.2 Å². The lowest BCUT2D eigenvalue weighted by molar-refractivity contribution is 0.104. The second kappa shape index (κ2) is 10.0. The van der Waals surface area contributed by atoms with Crippen LogP contribution in [0.15, 0.2) is 0 Å². The Kier molecular flexibility index (Phi) is 9.92. The Morgan fingerprint density at radius 1 is 1.06 bits per heavy atom. The molecule has 0 saturated carbocycles. The van der Waals surface area contributed by atoms with Crippen LogP contribution in [0.1, 0.15) is 13.8 Å². The van der Waals surface area contributed by atoms with Crippen LogP contribution >= 0.6 is 0 Å². The van der Waals surface area contributed by atoms with Crippen LogP contribution in [0.5, 0.6) is 0 Å². The third-order valence-corrected chi connectivity index (χ3v) is 2.85. The van der Waals surface area contributed by atoms with Gasteiger partial charge in [-0.2, -0.15) is 0 Å². The molecule has 0 radical (unpaired) electrons. The molecule has 1 N–H and O–H groups in total. The monoisotopic (exact) mass is 232 g/mol. The van der Waals surface area contributed by atoms with Gasteiger partial charge in [0.2, 0.25) is 0 Å². The molecule has 0 spiro atoms. The van der Waals surface area contributed by atoms with Crippen molar-refractivity contribution in [2.75, 3.05) is 54.1 Å². The first-order valence-corrected chi connectivity index (χ1v) is 6.03. The molecule has 0 amide bonds. The Bertz CT molecular complexity index is 146. The van der Waals surface area contributed by atoms with Crippen LogP contribution in [-0.2, 0) is 9.47 Å². The van der Waals surface area contributed by atoms with Crippen molar-refractivity contribution in [3.8, 4) is 0 Å². The van der Waals surface area contributed by atoms with Gasteiger partial charge in [-0.25, -0.2) is 0 Å². The van der Waals surface area contributed by atoms with Gasteiger partial charge in [0.25, 0.3) is 0 Å². The fourth-order valence-electron chi connectivity index (χ4n) is 1.65. The molecule has 4 heteroatoms. The van der Waals surface area contributed by atoms with Crippen molar-refractivity contribution in [3.05, 3.63) is 0 Å². The maximum Gasteiger partial charge on any atom is 0.0589 e. The lowest BCUT2D eigenvalue weighted by Crippen LogP contribution is -2.44. The summed E-state index contributed by atoms with van der Waals surface area (Å²) in [6.07, 6.45) is 0. The van der Waals surface area contributed by atoms with Gasteiger partial charge in [0.1, 0.15) is 0 Å². The molecule has 98 valence electrons. The maximum atomic E-state index is 5.13. The topological polar surface area (TPSA) is 33.7 Å². The van der Waals surface area contributed by atoms with Crippen molar-refractivity contribution in [2.24, 2.45) is 5.92 Å².